The van der Waals surface area contributed by atoms with Gasteiger partial charge in [0.15, 0.2) is 11.5 Å². The molecule has 1 aliphatic rings. The SMILES string of the molecule is CC1(C)Cc2cccc(OCC#CCNC(=O)NCCCc3ccccc3)c2O1. The molecule has 5 nitrogen and oxygen atoms in total. The number of aryl methyl sites for hydroxylation is 1. The van der Waals surface area contributed by atoms with Crippen molar-refractivity contribution in [1.82, 2.24) is 10.6 Å². The fourth-order valence-corrected chi connectivity index (χ4v) is 3.25. The number of carbonyl (C=O) groups is 1. The molecule has 0 saturated carbocycles. The van der Waals surface area contributed by atoms with Gasteiger partial charge in [-0.1, -0.05) is 54.3 Å². The van der Waals surface area contributed by atoms with Crippen molar-refractivity contribution in [1.29, 1.82) is 0 Å². The number of rotatable bonds is 7. The lowest BCUT2D eigenvalue weighted by Gasteiger charge is -2.17. The number of fused-ring (bicyclic) bond motifs is 1. The molecule has 0 unspecified atom stereocenters. The quantitative estimate of drug-likeness (QED) is 0.558. The number of carbonyl (C=O) groups excluding carboxylic acids is 1. The Morgan fingerprint density at radius 2 is 1.93 bits per heavy atom. The van der Waals surface area contributed by atoms with Crippen LogP contribution in [0.25, 0.3) is 0 Å². The van der Waals surface area contributed by atoms with Crippen molar-refractivity contribution < 1.29 is 14.3 Å². The van der Waals surface area contributed by atoms with Crippen LogP contribution in [0.15, 0.2) is 48.5 Å². The molecule has 0 spiro atoms. The van der Waals surface area contributed by atoms with Crippen molar-refractivity contribution in [2.24, 2.45) is 0 Å². The van der Waals surface area contributed by atoms with Gasteiger partial charge in [0, 0.05) is 18.5 Å². The van der Waals surface area contributed by atoms with Crippen LogP contribution < -0.4 is 20.1 Å². The van der Waals surface area contributed by atoms with E-state index < -0.39 is 0 Å². The Balaban J connectivity index is 1.30. The third-order valence-electron chi connectivity index (χ3n) is 4.59. The molecule has 152 valence electrons. The van der Waals surface area contributed by atoms with Gasteiger partial charge in [0.2, 0.25) is 0 Å². The highest BCUT2D eigenvalue weighted by molar-refractivity contribution is 5.74. The molecule has 2 N–H and O–H groups in total. The first-order valence-electron chi connectivity index (χ1n) is 9.98. The highest BCUT2D eigenvalue weighted by Gasteiger charge is 2.32. The van der Waals surface area contributed by atoms with Crippen LogP contribution in [0.2, 0.25) is 0 Å². The second kappa shape index (κ2) is 9.88. The van der Waals surface area contributed by atoms with Gasteiger partial charge in [-0.2, -0.15) is 0 Å². The van der Waals surface area contributed by atoms with Gasteiger partial charge < -0.3 is 20.1 Å². The first-order valence-corrected chi connectivity index (χ1v) is 9.98. The van der Waals surface area contributed by atoms with E-state index in [2.05, 4.69) is 54.5 Å². The molecule has 2 aromatic rings. The topological polar surface area (TPSA) is 59.6 Å². The summed E-state index contributed by atoms with van der Waals surface area (Å²) in [4.78, 5) is 11.8. The molecule has 2 amide bonds. The standard InChI is InChI=1S/C24H28N2O3/c1-24(2)18-20-13-8-14-21(22(20)29-24)28-17-7-6-15-25-23(27)26-16-9-12-19-10-4-3-5-11-19/h3-5,8,10-11,13-14H,9,12,15-18H2,1-2H3,(H2,25,26,27). The minimum absolute atomic E-state index is 0.203. The summed E-state index contributed by atoms with van der Waals surface area (Å²) in [5, 5.41) is 5.57. The van der Waals surface area contributed by atoms with Gasteiger partial charge in [-0.05, 0) is 38.3 Å². The number of amides is 2. The van der Waals surface area contributed by atoms with Crippen LogP contribution in [0, 0.1) is 11.8 Å². The van der Waals surface area contributed by atoms with E-state index in [9.17, 15) is 4.79 Å². The van der Waals surface area contributed by atoms with E-state index in [0.29, 0.717) is 12.3 Å². The highest BCUT2D eigenvalue weighted by atomic mass is 16.5. The van der Waals surface area contributed by atoms with Crippen molar-refractivity contribution in [3.8, 4) is 23.3 Å². The zero-order chi connectivity index (χ0) is 20.5. The summed E-state index contributed by atoms with van der Waals surface area (Å²) in [5.74, 6) is 7.35. The zero-order valence-electron chi connectivity index (χ0n) is 17.1. The Hall–Kier alpha value is -3.13. The van der Waals surface area contributed by atoms with Gasteiger partial charge in [-0.3, -0.25) is 0 Å². The molecule has 1 heterocycles. The van der Waals surface area contributed by atoms with E-state index in [-0.39, 0.29) is 24.8 Å². The second-order valence-corrected chi connectivity index (χ2v) is 7.62. The Kier molecular flexibility index (Phi) is 7.02. The molecular weight excluding hydrogens is 364 g/mol. The zero-order valence-corrected chi connectivity index (χ0v) is 17.1. The summed E-state index contributed by atoms with van der Waals surface area (Å²) in [6.07, 6.45) is 2.72. The summed E-state index contributed by atoms with van der Waals surface area (Å²) in [6.45, 7) is 5.29. The maximum absolute atomic E-state index is 11.8. The molecule has 1 aliphatic heterocycles. The van der Waals surface area contributed by atoms with Crippen LogP contribution in [-0.4, -0.2) is 31.3 Å². The molecule has 0 aliphatic carbocycles. The summed E-state index contributed by atoms with van der Waals surface area (Å²) in [7, 11) is 0. The molecule has 0 saturated heterocycles. The molecule has 0 bridgehead atoms. The summed E-state index contributed by atoms with van der Waals surface area (Å²) in [5.41, 5.74) is 2.23. The van der Waals surface area contributed by atoms with Crippen LogP contribution >= 0.6 is 0 Å². The lowest BCUT2D eigenvalue weighted by molar-refractivity contribution is 0.133. The van der Waals surface area contributed by atoms with E-state index in [1.54, 1.807) is 0 Å². The van der Waals surface area contributed by atoms with Crippen LogP contribution in [0.5, 0.6) is 11.5 Å². The van der Waals surface area contributed by atoms with E-state index >= 15 is 0 Å². The predicted molar refractivity (Wildman–Crippen MR) is 114 cm³/mol. The van der Waals surface area contributed by atoms with Crippen molar-refractivity contribution in [2.45, 2.75) is 38.7 Å². The lowest BCUT2D eigenvalue weighted by atomic mass is 10.0. The molecule has 0 aromatic heterocycles. The van der Waals surface area contributed by atoms with E-state index in [1.165, 1.54) is 5.56 Å². The Bertz CT molecular complexity index is 882. The number of benzene rings is 2. The monoisotopic (exact) mass is 392 g/mol. The fourth-order valence-electron chi connectivity index (χ4n) is 3.25. The smallest absolute Gasteiger partial charge is 0.315 e. The number of urea groups is 1. The Morgan fingerprint density at radius 1 is 1.10 bits per heavy atom. The van der Waals surface area contributed by atoms with Crippen molar-refractivity contribution in [2.75, 3.05) is 19.7 Å². The Labute approximate surface area is 172 Å². The average molecular weight is 392 g/mol. The number of hydrogen-bond acceptors (Lipinski definition) is 3. The van der Waals surface area contributed by atoms with Gasteiger partial charge in [0.05, 0.1) is 6.54 Å². The first-order chi connectivity index (χ1) is 14.0. The highest BCUT2D eigenvalue weighted by Crippen LogP contribution is 2.41. The van der Waals surface area contributed by atoms with Gasteiger partial charge in [-0.15, -0.1) is 0 Å². The van der Waals surface area contributed by atoms with E-state index in [1.807, 2.05) is 30.3 Å². The maximum atomic E-state index is 11.8. The summed E-state index contributed by atoms with van der Waals surface area (Å²) in [6, 6.07) is 16.0. The van der Waals surface area contributed by atoms with Crippen molar-refractivity contribution >= 4 is 6.03 Å². The average Bonchev–Trinajstić information content (AvgIpc) is 3.03. The molecular formula is C24H28N2O3. The summed E-state index contributed by atoms with van der Waals surface area (Å²) >= 11 is 0. The molecule has 5 heteroatoms. The van der Waals surface area contributed by atoms with Crippen LogP contribution in [0.4, 0.5) is 4.79 Å². The Morgan fingerprint density at radius 3 is 2.76 bits per heavy atom. The molecule has 0 fully saturated rings. The van der Waals surface area contributed by atoms with Gasteiger partial charge in [-0.25, -0.2) is 4.79 Å². The number of nitrogens with one attached hydrogen (secondary N) is 2. The van der Waals surface area contributed by atoms with E-state index in [0.717, 1.165) is 30.6 Å². The van der Waals surface area contributed by atoms with Crippen LogP contribution in [-0.2, 0) is 12.8 Å². The predicted octanol–water partition coefficient (Wildman–Crippen LogP) is 3.71. The second-order valence-electron chi connectivity index (χ2n) is 7.62. The van der Waals surface area contributed by atoms with Gasteiger partial charge in [0.25, 0.3) is 0 Å². The van der Waals surface area contributed by atoms with Crippen LogP contribution in [0.3, 0.4) is 0 Å². The molecule has 0 radical (unpaired) electrons. The molecule has 3 rings (SSSR count). The number of ether oxygens (including phenoxy) is 2. The normalized spacial score (nSPS) is 13.4. The van der Waals surface area contributed by atoms with Crippen LogP contribution in [0.1, 0.15) is 31.4 Å². The largest absolute Gasteiger partial charge is 0.483 e. The third kappa shape index (κ3) is 6.46. The molecule has 29 heavy (non-hydrogen) atoms. The third-order valence-corrected chi connectivity index (χ3v) is 4.59. The van der Waals surface area contributed by atoms with Gasteiger partial charge in [0.1, 0.15) is 12.2 Å². The number of para-hydroxylation sites is 1. The molecule has 2 aromatic carbocycles. The minimum atomic E-state index is -0.204. The lowest BCUT2D eigenvalue weighted by Crippen LogP contribution is -2.36. The minimum Gasteiger partial charge on any atom is -0.483 e. The molecule has 0 atom stereocenters. The number of hydrogen-bond donors (Lipinski definition) is 2. The van der Waals surface area contributed by atoms with E-state index in [4.69, 9.17) is 9.47 Å². The summed E-state index contributed by atoms with van der Waals surface area (Å²) < 4.78 is 11.7. The fraction of sp³-hybridized carbons (Fsp3) is 0.375. The van der Waals surface area contributed by atoms with Crippen molar-refractivity contribution in [3.63, 3.8) is 0 Å². The van der Waals surface area contributed by atoms with Crippen molar-refractivity contribution in [3.05, 3.63) is 59.7 Å². The maximum Gasteiger partial charge on any atom is 0.315 e. The first kappa shape index (κ1) is 20.6. The van der Waals surface area contributed by atoms with Gasteiger partial charge >= 0.3 is 6.03 Å².